The van der Waals surface area contributed by atoms with E-state index in [4.69, 9.17) is 18.0 Å². The molecule has 104 valence electrons. The van der Waals surface area contributed by atoms with Gasteiger partial charge in [-0.15, -0.1) is 0 Å². The van der Waals surface area contributed by atoms with Gasteiger partial charge >= 0.3 is 0 Å². The molecule has 3 nitrogen and oxygen atoms in total. The zero-order valence-corrected chi connectivity index (χ0v) is 12.8. The van der Waals surface area contributed by atoms with Crippen LogP contribution >= 0.6 is 12.2 Å². The Hall–Kier alpha value is -1.16. The van der Waals surface area contributed by atoms with Gasteiger partial charge in [0.15, 0.2) is 0 Å². The zero-order chi connectivity index (χ0) is 14.0. The predicted molar refractivity (Wildman–Crippen MR) is 84.6 cm³/mol. The van der Waals surface area contributed by atoms with E-state index in [0.717, 1.165) is 41.0 Å². The fourth-order valence-electron chi connectivity index (χ4n) is 3.05. The van der Waals surface area contributed by atoms with Crippen molar-refractivity contribution in [2.24, 2.45) is 17.6 Å². The molecule has 19 heavy (non-hydrogen) atoms. The molecular formula is C15H23N3S. The van der Waals surface area contributed by atoms with Crippen LogP contribution in [0.1, 0.15) is 43.1 Å². The number of rotatable bonds is 4. The van der Waals surface area contributed by atoms with Gasteiger partial charge in [-0.1, -0.05) is 32.0 Å². The summed E-state index contributed by atoms with van der Waals surface area (Å²) in [6, 6.07) is 2.04. The monoisotopic (exact) mass is 277 g/mol. The van der Waals surface area contributed by atoms with E-state index in [-0.39, 0.29) is 0 Å². The average Bonchev–Trinajstić information content (AvgIpc) is 2.70. The number of aromatic nitrogens is 1. The Bertz CT molecular complexity index is 485. The molecule has 1 heterocycles. The molecule has 0 amide bonds. The summed E-state index contributed by atoms with van der Waals surface area (Å²) in [6.45, 7) is 7.31. The molecule has 4 heteroatoms. The molecule has 1 saturated carbocycles. The number of thiocarbonyl (C=S) groups is 1. The number of hydrogen-bond acceptors (Lipinski definition) is 3. The summed E-state index contributed by atoms with van der Waals surface area (Å²) in [5.41, 5.74) is 9.67. The molecule has 1 aliphatic rings. The molecule has 0 aliphatic heterocycles. The van der Waals surface area contributed by atoms with Gasteiger partial charge in [0.1, 0.15) is 4.99 Å². The lowest BCUT2D eigenvalue weighted by Crippen LogP contribution is -2.21. The molecule has 2 unspecified atom stereocenters. The molecule has 1 aromatic heterocycles. The molecule has 0 radical (unpaired) electrons. The number of hydrogen-bond donors (Lipinski definition) is 2. The Balaban J connectivity index is 2.17. The third kappa shape index (κ3) is 3.24. The smallest absolute Gasteiger partial charge is 0.107 e. The van der Waals surface area contributed by atoms with Gasteiger partial charge in [0.25, 0.3) is 0 Å². The lowest BCUT2D eigenvalue weighted by Gasteiger charge is -2.19. The summed E-state index contributed by atoms with van der Waals surface area (Å²) in [7, 11) is 0. The summed E-state index contributed by atoms with van der Waals surface area (Å²) in [5.74, 6) is 1.57. The molecule has 0 bridgehead atoms. The Labute approximate surface area is 121 Å². The van der Waals surface area contributed by atoms with Gasteiger partial charge < -0.3 is 11.1 Å². The topological polar surface area (TPSA) is 50.9 Å². The molecule has 0 saturated heterocycles. The summed E-state index contributed by atoms with van der Waals surface area (Å²) in [5, 5.41) is 3.54. The number of nitrogens with one attached hydrogen (secondary N) is 1. The van der Waals surface area contributed by atoms with E-state index in [1.54, 1.807) is 0 Å². The van der Waals surface area contributed by atoms with Crippen LogP contribution in [-0.4, -0.2) is 16.5 Å². The highest BCUT2D eigenvalue weighted by Gasteiger charge is 2.23. The minimum atomic E-state index is 0.423. The second-order valence-electron chi connectivity index (χ2n) is 5.69. The highest BCUT2D eigenvalue weighted by Crippen LogP contribution is 2.31. The van der Waals surface area contributed by atoms with Gasteiger partial charge in [-0.2, -0.15) is 0 Å². The van der Waals surface area contributed by atoms with Crippen molar-refractivity contribution in [2.75, 3.05) is 11.9 Å². The maximum atomic E-state index is 5.83. The van der Waals surface area contributed by atoms with Crippen molar-refractivity contribution in [3.05, 3.63) is 23.0 Å². The Kier molecular flexibility index (Phi) is 4.40. The van der Waals surface area contributed by atoms with Crippen LogP contribution in [0.15, 0.2) is 6.07 Å². The number of nitrogens with two attached hydrogens (primary N) is 1. The Morgan fingerprint density at radius 1 is 1.47 bits per heavy atom. The fraction of sp³-hybridized carbons (Fsp3) is 0.600. The van der Waals surface area contributed by atoms with Gasteiger partial charge in [-0.3, -0.25) is 4.98 Å². The minimum Gasteiger partial charge on any atom is -0.389 e. The Morgan fingerprint density at radius 3 is 2.79 bits per heavy atom. The van der Waals surface area contributed by atoms with E-state index in [0.29, 0.717) is 4.99 Å². The number of nitrogens with zero attached hydrogens (tertiary/aromatic N) is 1. The first-order valence-corrected chi connectivity index (χ1v) is 7.41. The van der Waals surface area contributed by atoms with Crippen LogP contribution in [0, 0.1) is 25.7 Å². The number of anilines is 1. The van der Waals surface area contributed by atoms with Crippen LogP contribution in [0.25, 0.3) is 0 Å². The molecule has 1 aliphatic carbocycles. The molecule has 3 N–H and O–H groups in total. The number of aryl methyl sites for hydroxylation is 2. The second kappa shape index (κ2) is 5.87. The second-order valence-corrected chi connectivity index (χ2v) is 6.12. The molecular weight excluding hydrogens is 254 g/mol. The maximum absolute atomic E-state index is 5.83. The van der Waals surface area contributed by atoms with Crippen LogP contribution in [-0.2, 0) is 0 Å². The van der Waals surface area contributed by atoms with Crippen LogP contribution in [0.3, 0.4) is 0 Å². The van der Waals surface area contributed by atoms with Crippen molar-refractivity contribution in [1.82, 2.24) is 4.98 Å². The molecule has 0 aromatic carbocycles. The third-order valence-corrected chi connectivity index (χ3v) is 4.37. The highest BCUT2D eigenvalue weighted by molar-refractivity contribution is 7.80. The molecule has 0 spiro atoms. The van der Waals surface area contributed by atoms with Gasteiger partial charge in [-0.05, 0) is 38.2 Å². The normalized spacial score (nSPS) is 22.5. The van der Waals surface area contributed by atoms with Crippen molar-refractivity contribution >= 4 is 22.9 Å². The summed E-state index contributed by atoms with van der Waals surface area (Å²) in [4.78, 5) is 4.87. The first-order chi connectivity index (χ1) is 8.99. The van der Waals surface area contributed by atoms with E-state index < -0.39 is 0 Å². The number of pyridine rings is 1. The van der Waals surface area contributed by atoms with Crippen LogP contribution in [0.5, 0.6) is 0 Å². The van der Waals surface area contributed by atoms with Gasteiger partial charge in [0.2, 0.25) is 0 Å². The van der Waals surface area contributed by atoms with E-state index >= 15 is 0 Å². The van der Waals surface area contributed by atoms with E-state index in [2.05, 4.69) is 17.2 Å². The first kappa shape index (κ1) is 14.3. The first-order valence-electron chi connectivity index (χ1n) is 7.01. The lowest BCUT2D eigenvalue weighted by atomic mass is 9.98. The van der Waals surface area contributed by atoms with E-state index in [1.807, 2.05) is 19.9 Å². The standard InChI is InChI=1S/C15H23N3S/c1-9-5-4-6-12(9)8-17-13-7-10(2)18-11(3)14(13)15(16)19/h7,9,12H,4-6,8H2,1-3H3,(H2,16,19)(H,17,18). The highest BCUT2D eigenvalue weighted by atomic mass is 32.1. The molecule has 1 fully saturated rings. The average molecular weight is 277 g/mol. The van der Waals surface area contributed by atoms with Crippen molar-refractivity contribution < 1.29 is 0 Å². The van der Waals surface area contributed by atoms with Gasteiger partial charge in [0, 0.05) is 23.6 Å². The van der Waals surface area contributed by atoms with Crippen molar-refractivity contribution in [3.8, 4) is 0 Å². The lowest BCUT2D eigenvalue weighted by molar-refractivity contribution is 0.439. The minimum absolute atomic E-state index is 0.423. The van der Waals surface area contributed by atoms with Crippen LogP contribution < -0.4 is 11.1 Å². The van der Waals surface area contributed by atoms with Gasteiger partial charge in [-0.25, -0.2) is 0 Å². The fourth-order valence-corrected chi connectivity index (χ4v) is 3.30. The largest absolute Gasteiger partial charge is 0.389 e. The predicted octanol–water partition coefficient (Wildman–Crippen LogP) is 3.18. The van der Waals surface area contributed by atoms with Gasteiger partial charge in [0.05, 0.1) is 5.56 Å². The SMILES string of the molecule is Cc1cc(NCC2CCCC2C)c(C(N)=S)c(C)n1. The molecule has 2 atom stereocenters. The zero-order valence-electron chi connectivity index (χ0n) is 12.0. The van der Waals surface area contributed by atoms with Crippen LogP contribution in [0.4, 0.5) is 5.69 Å². The summed E-state index contributed by atoms with van der Waals surface area (Å²) < 4.78 is 0. The molecule has 2 rings (SSSR count). The van der Waals surface area contributed by atoms with Crippen molar-refractivity contribution in [1.29, 1.82) is 0 Å². The van der Waals surface area contributed by atoms with Crippen molar-refractivity contribution in [3.63, 3.8) is 0 Å². The maximum Gasteiger partial charge on any atom is 0.107 e. The summed E-state index contributed by atoms with van der Waals surface area (Å²) >= 11 is 5.15. The summed E-state index contributed by atoms with van der Waals surface area (Å²) in [6.07, 6.45) is 4.02. The third-order valence-electron chi connectivity index (χ3n) is 4.17. The van der Waals surface area contributed by atoms with E-state index in [9.17, 15) is 0 Å². The van der Waals surface area contributed by atoms with Crippen molar-refractivity contribution in [2.45, 2.75) is 40.0 Å². The quantitative estimate of drug-likeness (QED) is 0.830. The van der Waals surface area contributed by atoms with E-state index in [1.165, 1.54) is 19.3 Å². The molecule has 1 aromatic rings. The van der Waals surface area contributed by atoms with Crippen LogP contribution in [0.2, 0.25) is 0 Å². The Morgan fingerprint density at radius 2 is 2.21 bits per heavy atom.